The van der Waals surface area contributed by atoms with Gasteiger partial charge >= 0.3 is 11.8 Å². The number of rotatable bonds is 2. The van der Waals surface area contributed by atoms with Gasteiger partial charge in [-0.05, 0) is 18.6 Å². The number of thioether (sulfide) groups is 1. The number of nitrogens with one attached hydrogen (secondary N) is 2. The van der Waals surface area contributed by atoms with Gasteiger partial charge in [0.2, 0.25) is 0 Å². The number of hydrogen-bond acceptors (Lipinski definition) is 4. The molecule has 5 nitrogen and oxygen atoms in total. The highest BCUT2D eigenvalue weighted by molar-refractivity contribution is 7.99. The fraction of sp³-hybridized carbons (Fsp3) is 0.833. The first-order valence-corrected chi connectivity index (χ1v) is 7.71. The molecule has 0 saturated carbocycles. The van der Waals surface area contributed by atoms with Crippen molar-refractivity contribution in [3.63, 3.8) is 0 Å². The van der Waals surface area contributed by atoms with E-state index in [1.54, 1.807) is 4.90 Å². The predicted molar refractivity (Wildman–Crippen MR) is 72.6 cm³/mol. The second kappa shape index (κ2) is 6.99. The number of amides is 2. The zero-order valence-corrected chi connectivity index (χ0v) is 11.4. The summed E-state index contributed by atoms with van der Waals surface area (Å²) < 4.78 is 0. The highest BCUT2D eigenvalue weighted by atomic mass is 32.2. The molecular weight excluding hydrogens is 250 g/mol. The average Bonchev–Trinajstić information content (AvgIpc) is 2.46. The van der Waals surface area contributed by atoms with Crippen LogP contribution < -0.4 is 10.6 Å². The van der Waals surface area contributed by atoms with Crippen LogP contribution in [0.25, 0.3) is 0 Å². The van der Waals surface area contributed by atoms with Crippen molar-refractivity contribution in [3.8, 4) is 0 Å². The van der Waals surface area contributed by atoms with Gasteiger partial charge in [-0.1, -0.05) is 6.42 Å². The Bertz CT molecular complexity index is 300. The van der Waals surface area contributed by atoms with Crippen LogP contribution >= 0.6 is 11.8 Å². The molecule has 0 aromatic heterocycles. The second-order valence-corrected chi connectivity index (χ2v) is 6.15. The summed E-state index contributed by atoms with van der Waals surface area (Å²) in [4.78, 5) is 25.2. The molecule has 1 unspecified atom stereocenters. The van der Waals surface area contributed by atoms with E-state index in [-0.39, 0.29) is 5.91 Å². The third-order valence-corrected chi connectivity index (χ3v) is 4.76. The third-order valence-electron chi connectivity index (χ3n) is 3.36. The lowest BCUT2D eigenvalue weighted by Gasteiger charge is -2.27. The Morgan fingerprint density at radius 1 is 1.28 bits per heavy atom. The highest BCUT2D eigenvalue weighted by Gasteiger charge is 2.24. The predicted octanol–water partition coefficient (Wildman–Crippen LogP) is -0.180. The van der Waals surface area contributed by atoms with Crippen LogP contribution in [0.15, 0.2) is 0 Å². The minimum Gasteiger partial charge on any atom is -0.347 e. The van der Waals surface area contributed by atoms with Crippen molar-refractivity contribution in [2.75, 3.05) is 38.5 Å². The minimum absolute atomic E-state index is 0.377. The molecule has 2 N–H and O–H groups in total. The van der Waals surface area contributed by atoms with Crippen molar-refractivity contribution in [3.05, 3.63) is 0 Å². The largest absolute Gasteiger partial charge is 0.347 e. The number of carbonyl (C=O) groups is 2. The Hall–Kier alpha value is -0.750. The molecule has 2 aliphatic heterocycles. The molecule has 0 aromatic carbocycles. The summed E-state index contributed by atoms with van der Waals surface area (Å²) >= 11 is 1.90. The summed E-state index contributed by atoms with van der Waals surface area (Å²) in [5.74, 6) is 0.354. The monoisotopic (exact) mass is 271 g/mol. The van der Waals surface area contributed by atoms with Gasteiger partial charge < -0.3 is 15.5 Å². The molecule has 0 radical (unpaired) electrons. The van der Waals surface area contributed by atoms with Crippen LogP contribution in [0, 0.1) is 0 Å². The van der Waals surface area contributed by atoms with E-state index < -0.39 is 5.91 Å². The molecule has 18 heavy (non-hydrogen) atoms. The zero-order chi connectivity index (χ0) is 12.8. The highest BCUT2D eigenvalue weighted by Crippen LogP contribution is 2.24. The summed E-state index contributed by atoms with van der Waals surface area (Å²) in [6.45, 7) is 3.44. The van der Waals surface area contributed by atoms with Crippen LogP contribution in [0.4, 0.5) is 0 Å². The van der Waals surface area contributed by atoms with E-state index >= 15 is 0 Å². The molecule has 2 rings (SSSR count). The smallest absolute Gasteiger partial charge is 0.311 e. The molecule has 102 valence electrons. The van der Waals surface area contributed by atoms with Crippen molar-refractivity contribution in [1.82, 2.24) is 15.5 Å². The lowest BCUT2D eigenvalue weighted by molar-refractivity contribution is -0.146. The molecule has 0 aliphatic carbocycles. The van der Waals surface area contributed by atoms with Crippen LogP contribution in [0.1, 0.15) is 19.3 Å². The van der Waals surface area contributed by atoms with Gasteiger partial charge in [0.1, 0.15) is 0 Å². The number of piperazine rings is 1. The Morgan fingerprint density at radius 2 is 2.06 bits per heavy atom. The van der Waals surface area contributed by atoms with Crippen molar-refractivity contribution < 1.29 is 9.59 Å². The van der Waals surface area contributed by atoms with Gasteiger partial charge in [-0.2, -0.15) is 11.8 Å². The fourth-order valence-corrected chi connectivity index (χ4v) is 3.50. The minimum atomic E-state index is -0.442. The Morgan fingerprint density at radius 3 is 2.72 bits per heavy atom. The van der Waals surface area contributed by atoms with E-state index in [9.17, 15) is 9.59 Å². The molecule has 2 saturated heterocycles. The average molecular weight is 271 g/mol. The Kier molecular flexibility index (Phi) is 5.31. The van der Waals surface area contributed by atoms with Crippen molar-refractivity contribution in [1.29, 1.82) is 0 Å². The first kappa shape index (κ1) is 13.7. The number of carbonyl (C=O) groups excluding carboxylic acids is 2. The first-order chi connectivity index (χ1) is 8.77. The van der Waals surface area contributed by atoms with Crippen LogP contribution in [-0.2, 0) is 9.59 Å². The maximum atomic E-state index is 11.9. The molecule has 0 bridgehead atoms. The van der Waals surface area contributed by atoms with E-state index in [2.05, 4.69) is 10.6 Å². The van der Waals surface area contributed by atoms with E-state index in [1.165, 1.54) is 18.6 Å². The lowest BCUT2D eigenvalue weighted by atomic mass is 10.2. The van der Waals surface area contributed by atoms with Gasteiger partial charge in [0.15, 0.2) is 0 Å². The first-order valence-electron chi connectivity index (χ1n) is 6.67. The standard InChI is InChI=1S/C12H21N3O2S/c16-11(12(17)15-6-4-13-5-7-15)14-9-10-3-1-2-8-18-10/h10,13H,1-9H2,(H,14,16). The molecule has 2 amide bonds. The normalized spacial score (nSPS) is 24.7. The van der Waals surface area contributed by atoms with Gasteiger partial charge in [0.25, 0.3) is 0 Å². The summed E-state index contributed by atoms with van der Waals surface area (Å²) in [7, 11) is 0. The van der Waals surface area contributed by atoms with E-state index in [1.807, 2.05) is 11.8 Å². The van der Waals surface area contributed by atoms with Crippen LogP contribution in [-0.4, -0.2) is 60.4 Å². The van der Waals surface area contributed by atoms with Gasteiger partial charge in [-0.15, -0.1) is 0 Å². The summed E-state index contributed by atoms with van der Waals surface area (Å²) in [5, 5.41) is 6.43. The van der Waals surface area contributed by atoms with Crippen LogP contribution in [0.2, 0.25) is 0 Å². The second-order valence-electron chi connectivity index (χ2n) is 4.74. The van der Waals surface area contributed by atoms with Gasteiger partial charge in [-0.3, -0.25) is 9.59 Å². The SMILES string of the molecule is O=C(NCC1CCCCS1)C(=O)N1CCNCC1. The maximum absolute atomic E-state index is 11.9. The molecule has 2 fully saturated rings. The van der Waals surface area contributed by atoms with Gasteiger partial charge in [0.05, 0.1) is 0 Å². The molecule has 0 aromatic rings. The zero-order valence-electron chi connectivity index (χ0n) is 10.6. The molecule has 1 atom stereocenters. The van der Waals surface area contributed by atoms with Crippen molar-refractivity contribution in [2.45, 2.75) is 24.5 Å². The van der Waals surface area contributed by atoms with E-state index in [0.717, 1.165) is 19.5 Å². The number of nitrogens with zero attached hydrogens (tertiary/aromatic N) is 1. The van der Waals surface area contributed by atoms with Gasteiger partial charge in [-0.25, -0.2) is 0 Å². The molecule has 2 aliphatic rings. The third kappa shape index (κ3) is 3.88. The number of hydrogen-bond donors (Lipinski definition) is 2. The molecular formula is C12H21N3O2S. The van der Waals surface area contributed by atoms with Crippen LogP contribution in [0.3, 0.4) is 0 Å². The summed E-state index contributed by atoms with van der Waals surface area (Å²) in [6, 6.07) is 0. The Labute approximate surface area is 112 Å². The maximum Gasteiger partial charge on any atom is 0.311 e. The van der Waals surface area contributed by atoms with Crippen molar-refractivity contribution in [2.24, 2.45) is 0 Å². The Balaban J connectivity index is 1.71. The lowest BCUT2D eigenvalue weighted by Crippen LogP contribution is -2.51. The summed E-state index contributed by atoms with van der Waals surface area (Å²) in [6.07, 6.45) is 3.65. The topological polar surface area (TPSA) is 61.4 Å². The van der Waals surface area contributed by atoms with E-state index in [0.29, 0.717) is 24.9 Å². The van der Waals surface area contributed by atoms with Crippen molar-refractivity contribution >= 4 is 23.6 Å². The molecule has 2 heterocycles. The van der Waals surface area contributed by atoms with Crippen LogP contribution in [0.5, 0.6) is 0 Å². The summed E-state index contributed by atoms with van der Waals surface area (Å²) in [5.41, 5.74) is 0. The quantitative estimate of drug-likeness (QED) is 0.684. The molecule has 0 spiro atoms. The fourth-order valence-electron chi connectivity index (χ4n) is 2.26. The van der Waals surface area contributed by atoms with Gasteiger partial charge in [0, 0.05) is 38.0 Å². The van der Waals surface area contributed by atoms with E-state index in [4.69, 9.17) is 0 Å². The molecule has 6 heteroatoms.